The summed E-state index contributed by atoms with van der Waals surface area (Å²) < 4.78 is 5.71. The summed E-state index contributed by atoms with van der Waals surface area (Å²) in [5, 5.41) is 9.34. The normalized spacial score (nSPS) is 11.7. The van der Waals surface area contributed by atoms with Crippen molar-refractivity contribution in [2.75, 3.05) is 0 Å². The molecular formula is C17H17ClN2O. The van der Waals surface area contributed by atoms with Gasteiger partial charge in [-0.2, -0.15) is 5.26 Å². The van der Waals surface area contributed by atoms with Crippen LogP contribution in [0, 0.1) is 11.3 Å². The number of nitriles is 1. The van der Waals surface area contributed by atoms with Crippen molar-refractivity contribution in [1.29, 1.82) is 5.26 Å². The Morgan fingerprint density at radius 2 is 1.86 bits per heavy atom. The molecule has 0 aromatic heterocycles. The molecule has 0 aliphatic rings. The molecule has 108 valence electrons. The first-order valence-electron chi connectivity index (χ1n) is 6.74. The second kappa shape index (κ2) is 7.12. The molecule has 0 saturated heterocycles. The Balaban J connectivity index is 2.01. The maximum Gasteiger partial charge on any atom is 0.138 e. The van der Waals surface area contributed by atoms with Crippen molar-refractivity contribution in [1.82, 2.24) is 0 Å². The SMILES string of the molecule is CC(N)Cc1ccc(OCc2ccc(C#N)cc2)c(Cl)c1. The molecule has 0 radical (unpaired) electrons. The number of hydrogen-bond acceptors (Lipinski definition) is 3. The Hall–Kier alpha value is -2.02. The highest BCUT2D eigenvalue weighted by atomic mass is 35.5. The summed E-state index contributed by atoms with van der Waals surface area (Å²) in [4.78, 5) is 0. The summed E-state index contributed by atoms with van der Waals surface area (Å²) in [5.41, 5.74) is 8.50. The Morgan fingerprint density at radius 1 is 1.19 bits per heavy atom. The fourth-order valence-corrected chi connectivity index (χ4v) is 2.25. The molecule has 2 aromatic carbocycles. The molecular weight excluding hydrogens is 284 g/mol. The molecule has 2 rings (SSSR count). The summed E-state index contributed by atoms with van der Waals surface area (Å²) in [5.74, 6) is 0.648. The van der Waals surface area contributed by atoms with Gasteiger partial charge < -0.3 is 10.5 Å². The van der Waals surface area contributed by atoms with Gasteiger partial charge in [-0.1, -0.05) is 29.8 Å². The van der Waals surface area contributed by atoms with Crippen molar-refractivity contribution in [3.05, 3.63) is 64.2 Å². The minimum Gasteiger partial charge on any atom is -0.487 e. The van der Waals surface area contributed by atoms with Crippen molar-refractivity contribution >= 4 is 11.6 Å². The molecule has 3 nitrogen and oxygen atoms in total. The smallest absolute Gasteiger partial charge is 0.138 e. The number of ether oxygens (including phenoxy) is 1. The molecule has 0 saturated carbocycles. The lowest BCUT2D eigenvalue weighted by atomic mass is 10.1. The van der Waals surface area contributed by atoms with Gasteiger partial charge in [0.2, 0.25) is 0 Å². The van der Waals surface area contributed by atoms with Gasteiger partial charge in [-0.15, -0.1) is 0 Å². The zero-order valence-electron chi connectivity index (χ0n) is 11.8. The van der Waals surface area contributed by atoms with E-state index in [1.54, 1.807) is 12.1 Å². The van der Waals surface area contributed by atoms with E-state index in [1.165, 1.54) is 0 Å². The van der Waals surface area contributed by atoms with Crippen LogP contribution in [0.3, 0.4) is 0 Å². The third kappa shape index (κ3) is 4.49. The highest BCUT2D eigenvalue weighted by Gasteiger charge is 2.05. The van der Waals surface area contributed by atoms with Crippen molar-refractivity contribution < 1.29 is 4.74 Å². The molecule has 0 fully saturated rings. The van der Waals surface area contributed by atoms with E-state index >= 15 is 0 Å². The van der Waals surface area contributed by atoms with Crippen LogP contribution in [0.15, 0.2) is 42.5 Å². The van der Waals surface area contributed by atoms with Crippen molar-refractivity contribution in [3.8, 4) is 11.8 Å². The average Bonchev–Trinajstić information content (AvgIpc) is 2.46. The fourth-order valence-electron chi connectivity index (χ4n) is 2.00. The Labute approximate surface area is 129 Å². The molecule has 0 amide bonds. The van der Waals surface area contributed by atoms with Crippen LogP contribution in [0.4, 0.5) is 0 Å². The maximum absolute atomic E-state index is 8.75. The number of nitrogens with zero attached hydrogens (tertiary/aromatic N) is 1. The van der Waals surface area contributed by atoms with Gasteiger partial charge in [0.05, 0.1) is 16.7 Å². The standard InChI is InChI=1S/C17H17ClN2O/c1-12(20)8-15-6-7-17(16(18)9-15)21-11-14-4-2-13(10-19)3-5-14/h2-7,9,12H,8,11,20H2,1H3. The van der Waals surface area contributed by atoms with E-state index in [9.17, 15) is 0 Å². The highest BCUT2D eigenvalue weighted by Crippen LogP contribution is 2.26. The average molecular weight is 301 g/mol. The minimum absolute atomic E-state index is 0.103. The molecule has 4 heteroatoms. The molecule has 0 bridgehead atoms. The molecule has 0 heterocycles. The van der Waals surface area contributed by atoms with Crippen LogP contribution in [-0.4, -0.2) is 6.04 Å². The summed E-state index contributed by atoms with van der Waals surface area (Å²) in [7, 11) is 0. The van der Waals surface area contributed by atoms with Gasteiger partial charge in [0.25, 0.3) is 0 Å². The topological polar surface area (TPSA) is 59.0 Å². The third-order valence-electron chi connectivity index (χ3n) is 3.03. The summed E-state index contributed by atoms with van der Waals surface area (Å²) in [6.07, 6.45) is 0.787. The predicted molar refractivity (Wildman–Crippen MR) is 84.3 cm³/mol. The van der Waals surface area contributed by atoms with E-state index < -0.39 is 0 Å². The quantitative estimate of drug-likeness (QED) is 0.916. The first-order valence-corrected chi connectivity index (χ1v) is 7.12. The van der Waals surface area contributed by atoms with Crippen LogP contribution >= 0.6 is 11.6 Å². The third-order valence-corrected chi connectivity index (χ3v) is 3.33. The van der Waals surface area contributed by atoms with Gasteiger partial charge in [0, 0.05) is 6.04 Å². The van der Waals surface area contributed by atoms with Crippen LogP contribution in [-0.2, 0) is 13.0 Å². The van der Waals surface area contributed by atoms with E-state index in [0.717, 1.165) is 17.5 Å². The van der Waals surface area contributed by atoms with Crippen LogP contribution in [0.5, 0.6) is 5.75 Å². The van der Waals surface area contributed by atoms with Crippen LogP contribution in [0.2, 0.25) is 5.02 Å². The van der Waals surface area contributed by atoms with E-state index in [2.05, 4.69) is 6.07 Å². The zero-order chi connectivity index (χ0) is 15.2. The van der Waals surface area contributed by atoms with Gasteiger partial charge >= 0.3 is 0 Å². The van der Waals surface area contributed by atoms with E-state index in [-0.39, 0.29) is 6.04 Å². The number of hydrogen-bond donors (Lipinski definition) is 1. The summed E-state index contributed by atoms with van der Waals surface area (Å²) in [6, 6.07) is 15.2. The Morgan fingerprint density at radius 3 is 2.43 bits per heavy atom. The molecule has 1 atom stereocenters. The van der Waals surface area contributed by atoms with Crippen LogP contribution in [0.25, 0.3) is 0 Å². The summed E-state index contributed by atoms with van der Waals surface area (Å²) in [6.45, 7) is 2.38. The molecule has 2 aromatic rings. The second-order valence-electron chi connectivity index (χ2n) is 5.04. The van der Waals surface area contributed by atoms with E-state index in [0.29, 0.717) is 22.9 Å². The van der Waals surface area contributed by atoms with Crippen LogP contribution in [0.1, 0.15) is 23.6 Å². The Kier molecular flexibility index (Phi) is 5.21. The van der Waals surface area contributed by atoms with Gasteiger partial charge in [0.15, 0.2) is 0 Å². The fraction of sp³-hybridized carbons (Fsp3) is 0.235. The largest absolute Gasteiger partial charge is 0.487 e. The molecule has 2 N–H and O–H groups in total. The van der Waals surface area contributed by atoms with Gasteiger partial charge in [-0.25, -0.2) is 0 Å². The number of rotatable bonds is 5. The van der Waals surface area contributed by atoms with E-state index in [4.69, 9.17) is 27.3 Å². The lowest BCUT2D eigenvalue weighted by Crippen LogP contribution is -2.17. The minimum atomic E-state index is 0.103. The number of benzene rings is 2. The maximum atomic E-state index is 8.75. The summed E-state index contributed by atoms with van der Waals surface area (Å²) >= 11 is 6.22. The molecule has 1 unspecified atom stereocenters. The van der Waals surface area contributed by atoms with Crippen molar-refractivity contribution in [2.45, 2.75) is 26.0 Å². The number of nitrogens with two attached hydrogens (primary N) is 1. The highest BCUT2D eigenvalue weighted by molar-refractivity contribution is 6.32. The number of halogens is 1. The molecule has 0 spiro atoms. The second-order valence-corrected chi connectivity index (χ2v) is 5.45. The predicted octanol–water partition coefficient (Wildman–Crippen LogP) is 3.68. The van der Waals surface area contributed by atoms with Crippen LogP contribution < -0.4 is 10.5 Å². The monoisotopic (exact) mass is 300 g/mol. The lowest BCUT2D eigenvalue weighted by molar-refractivity contribution is 0.306. The zero-order valence-corrected chi connectivity index (χ0v) is 12.6. The van der Waals surface area contributed by atoms with Gasteiger partial charge in [-0.05, 0) is 48.7 Å². The Bertz CT molecular complexity index is 645. The lowest BCUT2D eigenvalue weighted by Gasteiger charge is -2.11. The molecule has 21 heavy (non-hydrogen) atoms. The van der Waals surface area contributed by atoms with Gasteiger partial charge in [0.1, 0.15) is 12.4 Å². The molecule has 0 aliphatic carbocycles. The molecule has 0 aliphatic heterocycles. The van der Waals surface area contributed by atoms with Gasteiger partial charge in [-0.3, -0.25) is 0 Å². The van der Waals surface area contributed by atoms with Crippen molar-refractivity contribution in [3.63, 3.8) is 0 Å². The van der Waals surface area contributed by atoms with Crippen molar-refractivity contribution in [2.24, 2.45) is 5.73 Å². The first kappa shape index (κ1) is 15.4. The first-order chi connectivity index (χ1) is 10.1. The van der Waals surface area contributed by atoms with E-state index in [1.807, 2.05) is 37.3 Å².